The van der Waals surface area contributed by atoms with Crippen LogP contribution < -0.4 is 10.6 Å². The normalized spacial score (nSPS) is 19.4. The van der Waals surface area contributed by atoms with Crippen molar-refractivity contribution in [2.75, 3.05) is 57.5 Å². The van der Waals surface area contributed by atoms with Gasteiger partial charge in [0.1, 0.15) is 0 Å². The Bertz CT molecular complexity index is 497. The summed E-state index contributed by atoms with van der Waals surface area (Å²) in [6, 6.07) is 8.56. The fourth-order valence-corrected chi connectivity index (χ4v) is 2.70. The van der Waals surface area contributed by atoms with Gasteiger partial charge in [0.25, 0.3) is 0 Å². The topological polar surface area (TPSA) is 63.3 Å². The number of rotatable bonds is 3. The van der Waals surface area contributed by atoms with Crippen LogP contribution in [0.4, 0.5) is 5.69 Å². The molecule has 3 rings (SSSR count). The maximum atomic E-state index is 6.04. The van der Waals surface area contributed by atoms with E-state index in [1.807, 2.05) is 0 Å². The van der Waals surface area contributed by atoms with Crippen molar-refractivity contribution < 1.29 is 9.47 Å². The van der Waals surface area contributed by atoms with Crippen LogP contribution in [0.3, 0.4) is 0 Å². The quantitative estimate of drug-likeness (QED) is 0.443. The summed E-state index contributed by atoms with van der Waals surface area (Å²) >= 11 is 0. The van der Waals surface area contributed by atoms with Gasteiger partial charge in [-0.1, -0.05) is 12.1 Å². The van der Waals surface area contributed by atoms with Crippen LogP contribution >= 0.6 is 24.0 Å². The highest BCUT2D eigenvalue weighted by Crippen LogP contribution is 2.17. The Hall–Kier alpha value is -1.06. The molecule has 0 bridgehead atoms. The lowest BCUT2D eigenvalue weighted by molar-refractivity contribution is 0.0674. The zero-order valence-electron chi connectivity index (χ0n) is 13.3. The largest absolute Gasteiger partial charge is 0.378 e. The van der Waals surface area contributed by atoms with E-state index in [2.05, 4.69) is 39.1 Å². The standard InChI is InChI=1S/C16H24N4O2.HI/c17-16(20-7-11-22-12-8-20)18-13-14-1-3-15(4-2-14)19-5-9-21-10-6-19;/h1-4H,5-13H2,(H2,17,18);1H. The van der Waals surface area contributed by atoms with Gasteiger partial charge in [-0.15, -0.1) is 24.0 Å². The van der Waals surface area contributed by atoms with Crippen molar-refractivity contribution in [1.82, 2.24) is 4.90 Å². The molecule has 7 heteroatoms. The lowest BCUT2D eigenvalue weighted by Gasteiger charge is -2.29. The molecule has 2 fully saturated rings. The summed E-state index contributed by atoms with van der Waals surface area (Å²) in [6.45, 7) is 7.26. The monoisotopic (exact) mass is 432 g/mol. The molecule has 0 radical (unpaired) electrons. The van der Waals surface area contributed by atoms with Crippen molar-refractivity contribution in [3.05, 3.63) is 29.8 Å². The minimum absolute atomic E-state index is 0. The minimum atomic E-state index is 0. The molecule has 0 atom stereocenters. The predicted octanol–water partition coefficient (Wildman–Crippen LogP) is 1.29. The summed E-state index contributed by atoms with van der Waals surface area (Å²) in [4.78, 5) is 8.91. The van der Waals surface area contributed by atoms with Gasteiger partial charge in [0.15, 0.2) is 5.96 Å². The van der Waals surface area contributed by atoms with Gasteiger partial charge >= 0.3 is 0 Å². The van der Waals surface area contributed by atoms with Gasteiger partial charge < -0.3 is 25.0 Å². The number of hydrogen-bond donors (Lipinski definition) is 1. The van der Waals surface area contributed by atoms with Gasteiger partial charge in [-0.3, -0.25) is 0 Å². The van der Waals surface area contributed by atoms with E-state index in [1.165, 1.54) is 11.3 Å². The van der Waals surface area contributed by atoms with E-state index in [1.54, 1.807) is 0 Å². The smallest absolute Gasteiger partial charge is 0.191 e. The van der Waals surface area contributed by atoms with Gasteiger partial charge in [0, 0.05) is 31.9 Å². The second kappa shape index (κ2) is 9.29. The molecule has 2 aliphatic heterocycles. The fraction of sp³-hybridized carbons (Fsp3) is 0.562. The molecule has 2 aliphatic rings. The third-order valence-electron chi connectivity index (χ3n) is 4.07. The SMILES string of the molecule is I.NC(=NCc1ccc(N2CCOCC2)cc1)N1CCOCC1. The summed E-state index contributed by atoms with van der Waals surface area (Å²) in [5.41, 5.74) is 8.46. The fourth-order valence-electron chi connectivity index (χ4n) is 2.70. The first-order valence-corrected chi connectivity index (χ1v) is 7.87. The van der Waals surface area contributed by atoms with Crippen LogP contribution in [0.2, 0.25) is 0 Å². The molecular formula is C16H25IN4O2. The molecule has 1 aromatic carbocycles. The molecule has 128 valence electrons. The first-order chi connectivity index (χ1) is 10.8. The number of nitrogens with two attached hydrogens (primary N) is 1. The Morgan fingerprint density at radius 1 is 0.957 bits per heavy atom. The molecule has 6 nitrogen and oxygen atoms in total. The van der Waals surface area contributed by atoms with Crippen molar-refractivity contribution in [1.29, 1.82) is 0 Å². The molecule has 0 spiro atoms. The summed E-state index contributed by atoms with van der Waals surface area (Å²) in [7, 11) is 0. The third-order valence-corrected chi connectivity index (χ3v) is 4.07. The molecule has 2 saturated heterocycles. The maximum absolute atomic E-state index is 6.04. The van der Waals surface area contributed by atoms with Crippen molar-refractivity contribution >= 4 is 35.6 Å². The second-order valence-electron chi connectivity index (χ2n) is 5.54. The zero-order chi connectivity index (χ0) is 15.2. The maximum Gasteiger partial charge on any atom is 0.191 e. The van der Waals surface area contributed by atoms with Gasteiger partial charge in [-0.05, 0) is 17.7 Å². The first kappa shape index (κ1) is 18.3. The van der Waals surface area contributed by atoms with Crippen molar-refractivity contribution in [2.24, 2.45) is 10.7 Å². The number of benzene rings is 1. The number of aliphatic imine (C=N–C) groups is 1. The molecule has 0 amide bonds. The van der Waals surface area contributed by atoms with Crippen molar-refractivity contribution in [3.63, 3.8) is 0 Å². The lowest BCUT2D eigenvalue weighted by atomic mass is 10.2. The van der Waals surface area contributed by atoms with E-state index in [-0.39, 0.29) is 24.0 Å². The Morgan fingerprint density at radius 2 is 1.52 bits per heavy atom. The van der Waals surface area contributed by atoms with Crippen molar-refractivity contribution in [2.45, 2.75) is 6.54 Å². The number of morpholine rings is 2. The van der Waals surface area contributed by atoms with E-state index in [0.29, 0.717) is 12.5 Å². The van der Waals surface area contributed by atoms with Crippen LogP contribution in [0, 0.1) is 0 Å². The summed E-state index contributed by atoms with van der Waals surface area (Å²) in [5.74, 6) is 0.612. The molecule has 23 heavy (non-hydrogen) atoms. The Morgan fingerprint density at radius 3 is 2.13 bits per heavy atom. The van der Waals surface area contributed by atoms with E-state index >= 15 is 0 Å². The van der Waals surface area contributed by atoms with Crippen LogP contribution in [0.25, 0.3) is 0 Å². The van der Waals surface area contributed by atoms with Crippen LogP contribution in [0.5, 0.6) is 0 Å². The Labute approximate surface area is 154 Å². The molecule has 0 saturated carbocycles. The van der Waals surface area contributed by atoms with Gasteiger partial charge in [-0.25, -0.2) is 4.99 Å². The molecular weight excluding hydrogens is 407 g/mol. The summed E-state index contributed by atoms with van der Waals surface area (Å²) < 4.78 is 10.7. The molecule has 1 aromatic rings. The number of halogens is 1. The van der Waals surface area contributed by atoms with E-state index in [4.69, 9.17) is 15.2 Å². The third kappa shape index (κ3) is 5.22. The van der Waals surface area contributed by atoms with E-state index in [9.17, 15) is 0 Å². The number of anilines is 1. The van der Waals surface area contributed by atoms with Gasteiger partial charge in [0.2, 0.25) is 0 Å². The summed E-state index contributed by atoms with van der Waals surface area (Å²) in [6.07, 6.45) is 0. The van der Waals surface area contributed by atoms with Gasteiger partial charge in [0.05, 0.1) is 33.0 Å². The van der Waals surface area contributed by atoms with Crippen LogP contribution in [0.15, 0.2) is 29.3 Å². The molecule has 2 heterocycles. The van der Waals surface area contributed by atoms with Crippen LogP contribution in [-0.2, 0) is 16.0 Å². The Balaban J connectivity index is 0.00000192. The highest BCUT2D eigenvalue weighted by atomic mass is 127. The number of ether oxygens (including phenoxy) is 2. The number of nitrogens with zero attached hydrogens (tertiary/aromatic N) is 3. The minimum Gasteiger partial charge on any atom is -0.378 e. The average Bonchev–Trinajstić information content (AvgIpc) is 2.61. The highest BCUT2D eigenvalue weighted by Gasteiger charge is 2.12. The van der Waals surface area contributed by atoms with E-state index < -0.39 is 0 Å². The number of guanidine groups is 1. The highest BCUT2D eigenvalue weighted by molar-refractivity contribution is 14.0. The molecule has 0 unspecified atom stereocenters. The van der Waals surface area contributed by atoms with Crippen LogP contribution in [-0.4, -0.2) is 63.5 Å². The van der Waals surface area contributed by atoms with Crippen molar-refractivity contribution in [3.8, 4) is 0 Å². The first-order valence-electron chi connectivity index (χ1n) is 7.87. The van der Waals surface area contributed by atoms with Crippen LogP contribution in [0.1, 0.15) is 5.56 Å². The average molecular weight is 432 g/mol. The predicted molar refractivity (Wildman–Crippen MR) is 103 cm³/mol. The summed E-state index contributed by atoms with van der Waals surface area (Å²) in [5, 5.41) is 0. The molecule has 2 N–H and O–H groups in total. The zero-order valence-corrected chi connectivity index (χ0v) is 15.6. The van der Waals surface area contributed by atoms with Gasteiger partial charge in [-0.2, -0.15) is 0 Å². The molecule has 0 aliphatic carbocycles. The lowest BCUT2D eigenvalue weighted by Crippen LogP contribution is -2.44. The van der Waals surface area contributed by atoms with E-state index in [0.717, 1.165) is 52.6 Å². The number of hydrogen-bond acceptors (Lipinski definition) is 4. The molecule has 0 aromatic heterocycles. The second-order valence-corrected chi connectivity index (χ2v) is 5.54. The Kier molecular flexibility index (Phi) is 7.38.